The molecule has 0 rings (SSSR count). The fourth-order valence-corrected chi connectivity index (χ4v) is 1.43. The molecule has 17 heavy (non-hydrogen) atoms. The van der Waals surface area contributed by atoms with E-state index < -0.39 is 34.9 Å². The molecule has 0 bridgehead atoms. The normalized spacial score (nSPS) is 14.1. The molecule has 0 heterocycles. The van der Waals surface area contributed by atoms with E-state index in [0.29, 0.717) is 12.5 Å². The van der Waals surface area contributed by atoms with Gasteiger partial charge in [0.2, 0.25) is 0 Å². The first-order chi connectivity index (χ1) is 7.26. The highest BCUT2D eigenvalue weighted by atomic mass is 32.3. The van der Waals surface area contributed by atoms with E-state index >= 15 is 0 Å². The molecule has 0 spiro atoms. The maximum Gasteiger partial charge on any atom is 0.492 e. The first kappa shape index (κ1) is 15.9. The van der Waals surface area contributed by atoms with Crippen LogP contribution >= 0.6 is 10.6 Å². The third-order valence-corrected chi connectivity index (χ3v) is 2.12. The van der Waals surface area contributed by atoms with Gasteiger partial charge in [-0.25, -0.2) is 9.59 Å². The zero-order chi connectivity index (χ0) is 14.1. The highest BCUT2D eigenvalue weighted by molar-refractivity contribution is 8.25. The third-order valence-electron chi connectivity index (χ3n) is 1.02. The number of carbonyl (C=O) groups excluding carboxylic acids is 2. The Balaban J connectivity index is 4.62. The van der Waals surface area contributed by atoms with Gasteiger partial charge >= 0.3 is 24.3 Å². The summed E-state index contributed by atoms with van der Waals surface area (Å²) in [4.78, 5) is 20.6. The van der Waals surface area contributed by atoms with Crippen molar-refractivity contribution >= 4 is 22.5 Å². The van der Waals surface area contributed by atoms with E-state index in [1.54, 1.807) is 0 Å². The monoisotopic (exact) mass is 288 g/mol. The van der Waals surface area contributed by atoms with E-state index in [4.69, 9.17) is 0 Å². The van der Waals surface area contributed by atoms with Gasteiger partial charge in [0.05, 0.1) is 0 Å². The standard InChI is InChI=1S/C6H6F6O4S/c1-17(2,15-3(13)5(7,8)9)16-4(14)6(10,11)12/h1-2H3. The molecule has 0 aromatic heterocycles. The van der Waals surface area contributed by atoms with Gasteiger partial charge in [0, 0.05) is 12.5 Å². The Bertz CT molecular complexity index is 289. The number of halogens is 6. The van der Waals surface area contributed by atoms with Crippen LogP contribution in [0.25, 0.3) is 0 Å². The van der Waals surface area contributed by atoms with Gasteiger partial charge in [-0.3, -0.25) is 0 Å². The minimum atomic E-state index is -5.38. The number of hydrogen-bond acceptors (Lipinski definition) is 4. The molecule has 0 aliphatic carbocycles. The molecule has 0 N–H and O–H groups in total. The minimum Gasteiger partial charge on any atom is -0.337 e. The average Bonchev–Trinajstić information content (AvgIpc) is 1.97. The van der Waals surface area contributed by atoms with Crippen molar-refractivity contribution in [2.45, 2.75) is 12.4 Å². The van der Waals surface area contributed by atoms with Crippen molar-refractivity contribution < 1.29 is 44.3 Å². The molecule has 4 nitrogen and oxygen atoms in total. The number of rotatable bonds is 2. The smallest absolute Gasteiger partial charge is 0.337 e. The van der Waals surface area contributed by atoms with Gasteiger partial charge in [0.25, 0.3) is 0 Å². The summed E-state index contributed by atoms with van der Waals surface area (Å²) in [5.74, 6) is -5.46. The van der Waals surface area contributed by atoms with Crippen molar-refractivity contribution in [1.29, 1.82) is 0 Å². The van der Waals surface area contributed by atoms with Crippen LogP contribution in [0.3, 0.4) is 0 Å². The first-order valence-corrected chi connectivity index (χ1v) is 5.90. The Morgan fingerprint density at radius 3 is 1.24 bits per heavy atom. The van der Waals surface area contributed by atoms with Gasteiger partial charge in [0.1, 0.15) is 0 Å². The molecule has 0 unspecified atom stereocenters. The number of hydrogen-bond donors (Lipinski definition) is 0. The third kappa shape index (κ3) is 5.65. The van der Waals surface area contributed by atoms with Crippen LogP contribution in [0.4, 0.5) is 26.3 Å². The number of alkyl halides is 6. The van der Waals surface area contributed by atoms with Gasteiger partial charge in [-0.05, 0) is 0 Å². The number of carbonyl (C=O) groups is 2. The summed E-state index contributed by atoms with van der Waals surface area (Å²) in [6.07, 6.45) is -9.48. The Kier molecular flexibility index (Phi) is 4.32. The lowest BCUT2D eigenvalue weighted by atomic mass is 10.7. The summed E-state index contributed by atoms with van der Waals surface area (Å²) in [5, 5.41) is 0. The Morgan fingerprint density at radius 1 is 0.824 bits per heavy atom. The Hall–Kier alpha value is -1.13. The molecule has 0 fully saturated rings. The second-order valence-electron chi connectivity index (χ2n) is 2.88. The second kappa shape index (κ2) is 4.63. The molecule has 0 aromatic rings. The molecule has 11 heteroatoms. The van der Waals surface area contributed by atoms with Gasteiger partial charge in [-0.15, -0.1) is 10.6 Å². The minimum absolute atomic E-state index is 0.639. The van der Waals surface area contributed by atoms with E-state index in [2.05, 4.69) is 8.37 Å². The van der Waals surface area contributed by atoms with Crippen LogP contribution in [0.15, 0.2) is 0 Å². The SMILES string of the molecule is CS(C)(OC(=O)C(F)(F)F)OC(=O)C(F)(F)F. The van der Waals surface area contributed by atoms with Gasteiger partial charge in [-0.2, -0.15) is 26.3 Å². The zero-order valence-corrected chi connectivity index (χ0v) is 9.13. The van der Waals surface area contributed by atoms with Crippen LogP contribution in [-0.2, 0) is 18.0 Å². The summed E-state index contributed by atoms with van der Waals surface area (Å²) in [6.45, 7) is 0. The van der Waals surface area contributed by atoms with Crippen molar-refractivity contribution in [3.63, 3.8) is 0 Å². The Morgan fingerprint density at radius 2 is 1.06 bits per heavy atom. The molecule has 0 aliphatic heterocycles. The van der Waals surface area contributed by atoms with Crippen molar-refractivity contribution in [1.82, 2.24) is 0 Å². The van der Waals surface area contributed by atoms with Gasteiger partial charge in [0.15, 0.2) is 0 Å². The molecule has 0 amide bonds. The van der Waals surface area contributed by atoms with E-state index in [9.17, 15) is 35.9 Å². The fourth-order valence-electron chi connectivity index (χ4n) is 0.476. The molecule has 0 atom stereocenters. The van der Waals surface area contributed by atoms with E-state index in [1.165, 1.54) is 0 Å². The van der Waals surface area contributed by atoms with Gasteiger partial charge in [-0.1, -0.05) is 0 Å². The summed E-state index contributed by atoms with van der Waals surface area (Å²) in [5.41, 5.74) is 0. The highest BCUT2D eigenvalue weighted by Gasteiger charge is 2.47. The maximum atomic E-state index is 11.7. The lowest BCUT2D eigenvalue weighted by Gasteiger charge is -2.33. The Labute approximate surface area is 92.6 Å². The van der Waals surface area contributed by atoms with Crippen LogP contribution in [-0.4, -0.2) is 36.8 Å². The molecular formula is C6H6F6O4S. The molecule has 0 aromatic carbocycles. The van der Waals surface area contributed by atoms with Crippen LogP contribution in [0.2, 0.25) is 0 Å². The maximum absolute atomic E-state index is 11.7. The molecular weight excluding hydrogens is 282 g/mol. The first-order valence-electron chi connectivity index (χ1n) is 3.60. The van der Waals surface area contributed by atoms with Crippen molar-refractivity contribution in [3.8, 4) is 0 Å². The predicted molar refractivity (Wildman–Crippen MR) is 43.7 cm³/mol. The lowest BCUT2D eigenvalue weighted by Crippen LogP contribution is -2.31. The van der Waals surface area contributed by atoms with E-state index in [-0.39, 0.29) is 0 Å². The highest BCUT2D eigenvalue weighted by Crippen LogP contribution is 2.45. The fraction of sp³-hybridized carbons (Fsp3) is 0.667. The average molecular weight is 288 g/mol. The van der Waals surface area contributed by atoms with Crippen LogP contribution in [0, 0.1) is 0 Å². The zero-order valence-electron chi connectivity index (χ0n) is 8.31. The van der Waals surface area contributed by atoms with Gasteiger partial charge < -0.3 is 8.37 Å². The molecule has 0 aliphatic rings. The quantitative estimate of drug-likeness (QED) is 0.730. The molecule has 0 radical (unpaired) electrons. The van der Waals surface area contributed by atoms with Crippen LogP contribution in [0.5, 0.6) is 0 Å². The van der Waals surface area contributed by atoms with Crippen molar-refractivity contribution in [3.05, 3.63) is 0 Å². The lowest BCUT2D eigenvalue weighted by molar-refractivity contribution is -0.193. The molecule has 102 valence electrons. The summed E-state index contributed by atoms with van der Waals surface area (Å²) < 4.78 is 77.7. The molecule has 0 saturated carbocycles. The van der Waals surface area contributed by atoms with Crippen molar-refractivity contribution in [2.24, 2.45) is 0 Å². The topological polar surface area (TPSA) is 52.6 Å². The van der Waals surface area contributed by atoms with Crippen molar-refractivity contribution in [2.75, 3.05) is 12.5 Å². The summed E-state index contributed by atoms with van der Waals surface area (Å²) in [7, 11) is -3.59. The van der Waals surface area contributed by atoms with E-state index in [0.717, 1.165) is 0 Å². The second-order valence-corrected chi connectivity index (χ2v) is 5.50. The van der Waals surface area contributed by atoms with E-state index in [1.807, 2.05) is 0 Å². The molecule has 0 saturated heterocycles. The van der Waals surface area contributed by atoms with Crippen LogP contribution < -0.4 is 0 Å². The summed E-state index contributed by atoms with van der Waals surface area (Å²) in [6, 6.07) is 0. The summed E-state index contributed by atoms with van der Waals surface area (Å²) >= 11 is 0. The van der Waals surface area contributed by atoms with Crippen LogP contribution in [0.1, 0.15) is 0 Å². The predicted octanol–water partition coefficient (Wildman–Crippen LogP) is 2.09. The largest absolute Gasteiger partial charge is 0.492 e.